The molecule has 2 aromatic carbocycles. The molecule has 0 spiro atoms. The van der Waals surface area contributed by atoms with Gasteiger partial charge >= 0.3 is 0 Å². The second-order valence-corrected chi connectivity index (χ2v) is 7.43. The first-order chi connectivity index (χ1) is 12.0. The summed E-state index contributed by atoms with van der Waals surface area (Å²) in [6.45, 7) is 1.94. The normalized spacial score (nSPS) is 12.2. The van der Waals surface area contributed by atoms with E-state index in [0.717, 1.165) is 10.0 Å². The van der Waals surface area contributed by atoms with Crippen molar-refractivity contribution in [3.63, 3.8) is 0 Å². The third kappa shape index (κ3) is 3.77. The minimum atomic E-state index is -0.450. The second kappa shape index (κ2) is 7.41. The maximum atomic E-state index is 13.1. The zero-order chi connectivity index (χ0) is 18.0. The summed E-state index contributed by atoms with van der Waals surface area (Å²) in [7, 11) is 0. The number of carbonyl (C=O) groups excluding carboxylic acids is 1. The number of primary amides is 1. The van der Waals surface area contributed by atoms with Crippen molar-refractivity contribution in [2.45, 2.75) is 18.1 Å². The van der Waals surface area contributed by atoms with Gasteiger partial charge in [-0.3, -0.25) is 14.2 Å². The largest absolute Gasteiger partial charge is 0.369 e. The Kier molecular flexibility index (Phi) is 5.24. The number of carbonyl (C=O) groups is 1. The van der Waals surface area contributed by atoms with Crippen molar-refractivity contribution < 1.29 is 4.79 Å². The molecular weight excluding hydrogens is 402 g/mol. The first-order valence-electron chi connectivity index (χ1n) is 7.65. The Bertz CT molecular complexity index is 989. The standard InChI is InChI=1S/C18H16BrN3O2S/c1-11(12-5-3-2-4-6-12)22-17(24)14-9-13(19)7-8-15(14)21-18(22)25-10-16(20)23/h2-9,11H,10H2,1H3,(H2,20,23). The van der Waals surface area contributed by atoms with Crippen molar-refractivity contribution >= 4 is 44.5 Å². The van der Waals surface area contributed by atoms with E-state index in [9.17, 15) is 9.59 Å². The van der Waals surface area contributed by atoms with Crippen LogP contribution in [0.4, 0.5) is 0 Å². The molecule has 5 nitrogen and oxygen atoms in total. The summed E-state index contributed by atoms with van der Waals surface area (Å²) in [5, 5.41) is 1.01. The Morgan fingerprint density at radius 3 is 2.68 bits per heavy atom. The highest BCUT2D eigenvalue weighted by molar-refractivity contribution is 9.10. The van der Waals surface area contributed by atoms with Gasteiger partial charge in [-0.25, -0.2) is 4.98 Å². The molecule has 1 amide bonds. The summed E-state index contributed by atoms with van der Waals surface area (Å²) < 4.78 is 2.44. The summed E-state index contributed by atoms with van der Waals surface area (Å²) in [6, 6.07) is 14.9. The van der Waals surface area contributed by atoms with Crippen LogP contribution in [0.25, 0.3) is 10.9 Å². The van der Waals surface area contributed by atoms with E-state index in [1.165, 1.54) is 11.8 Å². The quantitative estimate of drug-likeness (QED) is 0.509. The molecule has 128 valence electrons. The van der Waals surface area contributed by atoms with E-state index in [0.29, 0.717) is 16.1 Å². The zero-order valence-corrected chi connectivity index (χ0v) is 15.9. The number of halogens is 1. The smallest absolute Gasteiger partial charge is 0.262 e. The van der Waals surface area contributed by atoms with Crippen LogP contribution in [0.15, 0.2) is 63.0 Å². The highest BCUT2D eigenvalue weighted by Crippen LogP contribution is 2.25. The average molecular weight is 418 g/mol. The van der Waals surface area contributed by atoms with Gasteiger partial charge in [-0.05, 0) is 30.7 Å². The fourth-order valence-electron chi connectivity index (χ4n) is 2.61. The van der Waals surface area contributed by atoms with E-state index in [-0.39, 0.29) is 17.4 Å². The molecule has 0 saturated carbocycles. The molecule has 0 saturated heterocycles. The highest BCUT2D eigenvalue weighted by atomic mass is 79.9. The number of hydrogen-bond acceptors (Lipinski definition) is 4. The summed E-state index contributed by atoms with van der Waals surface area (Å²) in [5.74, 6) is -0.384. The molecule has 7 heteroatoms. The van der Waals surface area contributed by atoms with Crippen LogP contribution in [0.2, 0.25) is 0 Å². The van der Waals surface area contributed by atoms with Gasteiger partial charge in [0, 0.05) is 4.47 Å². The monoisotopic (exact) mass is 417 g/mol. The van der Waals surface area contributed by atoms with E-state index >= 15 is 0 Å². The fourth-order valence-corrected chi connectivity index (χ4v) is 3.79. The van der Waals surface area contributed by atoms with Crippen molar-refractivity contribution in [3.8, 4) is 0 Å². The summed E-state index contributed by atoms with van der Waals surface area (Å²) in [4.78, 5) is 28.9. The number of aromatic nitrogens is 2. The molecule has 1 aromatic heterocycles. The molecule has 3 aromatic rings. The number of amides is 1. The number of nitrogens with two attached hydrogens (primary N) is 1. The Morgan fingerprint density at radius 2 is 2.00 bits per heavy atom. The van der Waals surface area contributed by atoms with E-state index in [4.69, 9.17) is 5.73 Å². The number of thioether (sulfide) groups is 1. The molecule has 1 atom stereocenters. The lowest BCUT2D eigenvalue weighted by Gasteiger charge is -2.19. The first kappa shape index (κ1) is 17.7. The number of benzene rings is 2. The van der Waals surface area contributed by atoms with Gasteiger partial charge in [0.2, 0.25) is 5.91 Å². The SMILES string of the molecule is CC(c1ccccc1)n1c(SCC(N)=O)nc2ccc(Br)cc2c1=O. The van der Waals surface area contributed by atoms with E-state index < -0.39 is 5.91 Å². The van der Waals surface area contributed by atoms with E-state index in [1.54, 1.807) is 16.7 Å². The van der Waals surface area contributed by atoms with Gasteiger partial charge in [0.25, 0.3) is 5.56 Å². The van der Waals surface area contributed by atoms with Crippen molar-refractivity contribution in [2.24, 2.45) is 5.73 Å². The van der Waals surface area contributed by atoms with Crippen molar-refractivity contribution in [1.82, 2.24) is 9.55 Å². The molecule has 0 bridgehead atoms. The van der Waals surface area contributed by atoms with Crippen LogP contribution in [-0.4, -0.2) is 21.2 Å². The van der Waals surface area contributed by atoms with Gasteiger partial charge < -0.3 is 5.73 Å². The van der Waals surface area contributed by atoms with Crippen LogP contribution in [0.1, 0.15) is 18.5 Å². The average Bonchev–Trinajstić information content (AvgIpc) is 2.61. The van der Waals surface area contributed by atoms with Crippen LogP contribution >= 0.6 is 27.7 Å². The van der Waals surface area contributed by atoms with Crippen LogP contribution in [0.3, 0.4) is 0 Å². The topological polar surface area (TPSA) is 78.0 Å². The lowest BCUT2D eigenvalue weighted by atomic mass is 10.1. The Hall–Kier alpha value is -2.12. The molecule has 0 aliphatic carbocycles. The van der Waals surface area contributed by atoms with E-state index in [1.807, 2.05) is 43.3 Å². The number of hydrogen-bond donors (Lipinski definition) is 1. The predicted molar refractivity (Wildman–Crippen MR) is 104 cm³/mol. The Morgan fingerprint density at radius 1 is 1.28 bits per heavy atom. The second-order valence-electron chi connectivity index (χ2n) is 5.57. The fraction of sp³-hybridized carbons (Fsp3) is 0.167. The van der Waals surface area contributed by atoms with Gasteiger partial charge in [-0.1, -0.05) is 58.0 Å². The minimum absolute atomic E-state index is 0.0655. The van der Waals surface area contributed by atoms with Crippen molar-refractivity contribution in [1.29, 1.82) is 0 Å². The summed E-state index contributed by atoms with van der Waals surface area (Å²) in [6.07, 6.45) is 0. The molecular formula is C18H16BrN3O2S. The van der Waals surface area contributed by atoms with Gasteiger partial charge in [-0.2, -0.15) is 0 Å². The number of nitrogens with zero attached hydrogens (tertiary/aromatic N) is 2. The molecule has 25 heavy (non-hydrogen) atoms. The first-order valence-corrected chi connectivity index (χ1v) is 9.43. The summed E-state index contributed by atoms with van der Waals surface area (Å²) >= 11 is 4.58. The van der Waals surface area contributed by atoms with Gasteiger partial charge in [0.1, 0.15) is 0 Å². The molecule has 2 N–H and O–H groups in total. The molecule has 0 radical (unpaired) electrons. The van der Waals surface area contributed by atoms with Crippen LogP contribution in [0, 0.1) is 0 Å². The highest BCUT2D eigenvalue weighted by Gasteiger charge is 2.18. The lowest BCUT2D eigenvalue weighted by Crippen LogP contribution is -2.27. The maximum absolute atomic E-state index is 13.1. The third-order valence-electron chi connectivity index (χ3n) is 3.84. The van der Waals surface area contributed by atoms with Gasteiger partial charge in [-0.15, -0.1) is 0 Å². The Balaban J connectivity index is 2.22. The predicted octanol–water partition coefficient (Wildman–Crippen LogP) is 3.35. The maximum Gasteiger partial charge on any atom is 0.262 e. The lowest BCUT2D eigenvalue weighted by molar-refractivity contribution is -0.115. The van der Waals surface area contributed by atoms with Gasteiger partial charge in [0.15, 0.2) is 5.16 Å². The molecule has 1 heterocycles. The van der Waals surface area contributed by atoms with Crippen molar-refractivity contribution in [3.05, 3.63) is 68.9 Å². The molecule has 0 aliphatic heterocycles. The number of fused-ring (bicyclic) bond motifs is 1. The summed E-state index contributed by atoms with van der Waals surface area (Å²) in [5.41, 5.74) is 6.70. The third-order valence-corrected chi connectivity index (χ3v) is 5.31. The van der Waals surface area contributed by atoms with E-state index in [2.05, 4.69) is 20.9 Å². The van der Waals surface area contributed by atoms with Crippen molar-refractivity contribution in [2.75, 3.05) is 5.75 Å². The molecule has 3 rings (SSSR count). The minimum Gasteiger partial charge on any atom is -0.369 e. The van der Waals surface area contributed by atoms with Crippen LogP contribution < -0.4 is 11.3 Å². The molecule has 1 unspecified atom stereocenters. The number of rotatable bonds is 5. The van der Waals surface area contributed by atoms with Gasteiger partial charge in [0.05, 0.1) is 22.7 Å². The zero-order valence-electron chi connectivity index (χ0n) is 13.5. The molecule has 0 fully saturated rings. The Labute approximate surface area is 157 Å². The molecule has 0 aliphatic rings. The van der Waals surface area contributed by atoms with Crippen LogP contribution in [0.5, 0.6) is 0 Å². The van der Waals surface area contributed by atoms with Crippen LogP contribution in [-0.2, 0) is 4.79 Å².